The first kappa shape index (κ1) is 23.0. The standard InChI is InChI=1S/C18H24N4O2.C2HF3O2/c1-14-2-3-15(24-14)12-21-6-4-16-17(5-7-21)19-13-20-18(16)22-8-10-23-11-9-22;3-2(4,5)1(6)7/h2-3,13H,4-12H2,1H3;(H,6,7). The van der Waals surface area contributed by atoms with Crippen LogP contribution in [0.15, 0.2) is 22.9 Å². The highest BCUT2D eigenvalue weighted by atomic mass is 19.4. The summed E-state index contributed by atoms with van der Waals surface area (Å²) in [6.45, 7) is 8.26. The Bertz CT molecular complexity index is 882. The van der Waals surface area contributed by atoms with Gasteiger partial charge in [0.1, 0.15) is 23.7 Å². The number of carboxylic acids is 1. The summed E-state index contributed by atoms with van der Waals surface area (Å²) >= 11 is 0. The number of carboxylic acid groups (broad SMARTS) is 1. The molecule has 4 heterocycles. The molecule has 2 aromatic rings. The van der Waals surface area contributed by atoms with Crippen molar-refractivity contribution in [3.8, 4) is 0 Å². The van der Waals surface area contributed by atoms with Gasteiger partial charge in [0.25, 0.3) is 0 Å². The second-order valence-electron chi connectivity index (χ2n) is 7.31. The highest BCUT2D eigenvalue weighted by Gasteiger charge is 2.38. The maximum Gasteiger partial charge on any atom is 0.490 e. The summed E-state index contributed by atoms with van der Waals surface area (Å²) in [5.41, 5.74) is 2.52. The molecule has 1 fully saturated rings. The molecule has 4 rings (SSSR count). The number of ether oxygens (including phenoxy) is 1. The van der Waals surface area contributed by atoms with Crippen molar-refractivity contribution < 1.29 is 32.2 Å². The zero-order valence-corrected chi connectivity index (χ0v) is 17.2. The van der Waals surface area contributed by atoms with Crippen LogP contribution in [0.2, 0.25) is 0 Å². The number of halogens is 3. The maximum absolute atomic E-state index is 10.6. The summed E-state index contributed by atoms with van der Waals surface area (Å²) in [4.78, 5) is 22.8. The first-order valence-corrected chi connectivity index (χ1v) is 9.97. The van der Waals surface area contributed by atoms with E-state index in [0.717, 1.165) is 76.1 Å². The van der Waals surface area contributed by atoms with Gasteiger partial charge in [-0.05, 0) is 25.5 Å². The maximum atomic E-state index is 10.6. The monoisotopic (exact) mass is 442 g/mol. The molecule has 8 nitrogen and oxygen atoms in total. The second kappa shape index (κ2) is 10.1. The molecule has 0 aliphatic carbocycles. The predicted octanol–water partition coefficient (Wildman–Crippen LogP) is 2.45. The number of furan rings is 1. The Balaban J connectivity index is 0.000000339. The van der Waals surface area contributed by atoms with Crippen LogP contribution in [-0.4, -0.2) is 71.5 Å². The van der Waals surface area contributed by atoms with Crippen LogP contribution in [-0.2, 0) is 28.9 Å². The Labute approximate surface area is 177 Å². The van der Waals surface area contributed by atoms with Crippen LogP contribution in [0.5, 0.6) is 0 Å². The van der Waals surface area contributed by atoms with Gasteiger partial charge in [0.15, 0.2) is 0 Å². The van der Waals surface area contributed by atoms with Crippen LogP contribution in [0.4, 0.5) is 19.0 Å². The van der Waals surface area contributed by atoms with E-state index in [0.29, 0.717) is 0 Å². The van der Waals surface area contributed by atoms with E-state index in [1.165, 1.54) is 11.3 Å². The summed E-state index contributed by atoms with van der Waals surface area (Å²) < 4.78 is 42.9. The Kier molecular flexibility index (Phi) is 7.50. The Morgan fingerprint density at radius 3 is 2.42 bits per heavy atom. The molecule has 2 aliphatic heterocycles. The Hall–Kier alpha value is -2.66. The molecule has 31 heavy (non-hydrogen) atoms. The smallest absolute Gasteiger partial charge is 0.475 e. The van der Waals surface area contributed by atoms with E-state index < -0.39 is 12.1 Å². The van der Waals surface area contributed by atoms with Gasteiger partial charge in [-0.3, -0.25) is 4.90 Å². The normalized spacial score (nSPS) is 17.4. The molecule has 0 unspecified atom stereocenters. The number of aliphatic carboxylic acids is 1. The summed E-state index contributed by atoms with van der Waals surface area (Å²) in [7, 11) is 0. The molecule has 0 saturated carbocycles. The molecule has 0 atom stereocenters. The molecule has 0 radical (unpaired) electrons. The summed E-state index contributed by atoms with van der Waals surface area (Å²) in [6, 6.07) is 4.11. The molecular formula is C20H25F3N4O4. The first-order chi connectivity index (χ1) is 14.7. The number of morpholine rings is 1. The number of alkyl halides is 3. The van der Waals surface area contributed by atoms with Crippen molar-refractivity contribution in [2.24, 2.45) is 0 Å². The van der Waals surface area contributed by atoms with Crippen molar-refractivity contribution in [1.82, 2.24) is 14.9 Å². The Morgan fingerprint density at radius 2 is 1.81 bits per heavy atom. The Morgan fingerprint density at radius 1 is 1.13 bits per heavy atom. The van der Waals surface area contributed by atoms with Gasteiger partial charge in [0, 0.05) is 38.2 Å². The van der Waals surface area contributed by atoms with Crippen molar-refractivity contribution in [2.45, 2.75) is 32.5 Å². The van der Waals surface area contributed by atoms with Crippen LogP contribution in [0.1, 0.15) is 22.8 Å². The fourth-order valence-corrected chi connectivity index (χ4v) is 3.55. The zero-order chi connectivity index (χ0) is 22.4. The van der Waals surface area contributed by atoms with Crippen molar-refractivity contribution in [2.75, 3.05) is 44.3 Å². The van der Waals surface area contributed by atoms with Crippen LogP contribution >= 0.6 is 0 Å². The molecule has 0 bridgehead atoms. The van der Waals surface area contributed by atoms with Crippen LogP contribution in [0, 0.1) is 6.92 Å². The number of hydrogen-bond donors (Lipinski definition) is 1. The number of carbonyl (C=O) groups is 1. The number of hydrogen-bond acceptors (Lipinski definition) is 7. The lowest BCUT2D eigenvalue weighted by Crippen LogP contribution is -2.37. The van der Waals surface area contributed by atoms with Crippen molar-refractivity contribution >= 4 is 11.8 Å². The first-order valence-electron chi connectivity index (χ1n) is 9.97. The quantitative estimate of drug-likeness (QED) is 0.775. The molecule has 1 saturated heterocycles. The molecule has 2 aromatic heterocycles. The number of anilines is 1. The van der Waals surface area contributed by atoms with Gasteiger partial charge in [-0.1, -0.05) is 0 Å². The minimum Gasteiger partial charge on any atom is -0.475 e. The largest absolute Gasteiger partial charge is 0.490 e. The van der Waals surface area contributed by atoms with E-state index in [9.17, 15) is 13.2 Å². The minimum absolute atomic E-state index is 0.781. The predicted molar refractivity (Wildman–Crippen MR) is 105 cm³/mol. The van der Waals surface area contributed by atoms with E-state index in [4.69, 9.17) is 19.1 Å². The van der Waals surface area contributed by atoms with Gasteiger partial charge in [-0.15, -0.1) is 0 Å². The summed E-state index contributed by atoms with van der Waals surface area (Å²) in [5.74, 6) is 0.369. The van der Waals surface area contributed by atoms with Gasteiger partial charge in [-0.2, -0.15) is 13.2 Å². The zero-order valence-electron chi connectivity index (χ0n) is 17.2. The van der Waals surface area contributed by atoms with Crippen LogP contribution in [0.3, 0.4) is 0 Å². The van der Waals surface area contributed by atoms with Crippen LogP contribution < -0.4 is 4.90 Å². The van der Waals surface area contributed by atoms with Crippen LogP contribution in [0.25, 0.3) is 0 Å². The summed E-state index contributed by atoms with van der Waals surface area (Å²) in [5, 5.41) is 7.12. The van der Waals surface area contributed by atoms with Gasteiger partial charge in [0.2, 0.25) is 0 Å². The number of fused-ring (bicyclic) bond motifs is 1. The van der Waals surface area contributed by atoms with E-state index in [2.05, 4.69) is 25.8 Å². The highest BCUT2D eigenvalue weighted by Crippen LogP contribution is 2.25. The number of aromatic nitrogens is 2. The van der Waals surface area contributed by atoms with Gasteiger partial charge < -0.3 is 19.2 Å². The molecule has 0 spiro atoms. The van der Waals surface area contributed by atoms with Gasteiger partial charge in [0.05, 0.1) is 25.5 Å². The molecule has 1 N–H and O–H groups in total. The lowest BCUT2D eigenvalue weighted by molar-refractivity contribution is -0.192. The fraction of sp³-hybridized carbons (Fsp3) is 0.550. The summed E-state index contributed by atoms with van der Waals surface area (Å²) in [6.07, 6.45) is -1.41. The lowest BCUT2D eigenvalue weighted by Gasteiger charge is -2.29. The average molecular weight is 442 g/mol. The third kappa shape index (κ3) is 6.41. The third-order valence-corrected chi connectivity index (χ3v) is 5.08. The van der Waals surface area contributed by atoms with E-state index in [1.54, 1.807) is 6.33 Å². The molecule has 0 amide bonds. The van der Waals surface area contributed by atoms with E-state index >= 15 is 0 Å². The average Bonchev–Trinajstić information content (AvgIpc) is 3.03. The molecule has 2 aliphatic rings. The van der Waals surface area contributed by atoms with Crippen molar-refractivity contribution in [3.63, 3.8) is 0 Å². The van der Waals surface area contributed by atoms with Crippen molar-refractivity contribution in [3.05, 3.63) is 41.2 Å². The molecule has 0 aromatic carbocycles. The fourth-order valence-electron chi connectivity index (χ4n) is 3.55. The topological polar surface area (TPSA) is 91.9 Å². The lowest BCUT2D eigenvalue weighted by atomic mass is 10.1. The van der Waals surface area contributed by atoms with E-state index in [1.807, 2.05) is 13.0 Å². The number of aryl methyl sites for hydroxylation is 1. The van der Waals surface area contributed by atoms with E-state index in [-0.39, 0.29) is 0 Å². The number of nitrogens with zero attached hydrogens (tertiary/aromatic N) is 4. The van der Waals surface area contributed by atoms with Gasteiger partial charge in [-0.25, -0.2) is 14.8 Å². The molecule has 11 heteroatoms. The molecule has 170 valence electrons. The second-order valence-corrected chi connectivity index (χ2v) is 7.31. The third-order valence-electron chi connectivity index (χ3n) is 5.08. The SMILES string of the molecule is Cc1ccc(CN2CCc3ncnc(N4CCOCC4)c3CC2)o1.O=C(O)C(F)(F)F. The minimum atomic E-state index is -5.08. The number of rotatable bonds is 3. The van der Waals surface area contributed by atoms with Crippen molar-refractivity contribution in [1.29, 1.82) is 0 Å². The molecular weight excluding hydrogens is 417 g/mol. The van der Waals surface area contributed by atoms with Gasteiger partial charge >= 0.3 is 12.1 Å². The highest BCUT2D eigenvalue weighted by molar-refractivity contribution is 5.73.